The number of nitrogens with one attached hydrogen (secondary N) is 4. The highest BCUT2D eigenvalue weighted by molar-refractivity contribution is 7.91. The van der Waals surface area contributed by atoms with Crippen molar-refractivity contribution in [1.29, 1.82) is 0 Å². The summed E-state index contributed by atoms with van der Waals surface area (Å²) in [6.45, 7) is 8.14. The number of carbonyl (C=O) groups is 4. The van der Waals surface area contributed by atoms with E-state index in [1.54, 1.807) is 0 Å². The van der Waals surface area contributed by atoms with Crippen LogP contribution in [-0.4, -0.2) is 91.5 Å². The second kappa shape index (κ2) is 14.0. The van der Waals surface area contributed by atoms with E-state index < -0.39 is 68.2 Å². The Balaban J connectivity index is 1.21. The fourth-order valence-corrected chi connectivity index (χ4v) is 8.98. The van der Waals surface area contributed by atoms with E-state index in [0.717, 1.165) is 22.3 Å². The van der Waals surface area contributed by atoms with Gasteiger partial charge in [0.2, 0.25) is 21.8 Å². The number of fused-ring (bicyclic) bond motifs is 6. The van der Waals surface area contributed by atoms with Gasteiger partial charge < -0.3 is 30.4 Å². The van der Waals surface area contributed by atoms with Crippen LogP contribution in [0.15, 0.2) is 47.6 Å². The first-order valence-electron chi connectivity index (χ1n) is 18.6. The van der Waals surface area contributed by atoms with Gasteiger partial charge in [0.25, 0.3) is 5.91 Å². The molecule has 7 rings (SSSR count). The lowest BCUT2D eigenvalue weighted by Gasteiger charge is -2.35. The summed E-state index contributed by atoms with van der Waals surface area (Å²) in [5, 5.41) is 12.6. The summed E-state index contributed by atoms with van der Waals surface area (Å²) in [6.07, 6.45) is 2.42. The average molecular weight is 749 g/mol. The molecule has 5 atom stereocenters. The second-order valence-electron chi connectivity index (χ2n) is 15.9. The Hall–Kier alpha value is -4.66. The molecule has 2 heterocycles. The minimum Gasteiger partial charge on any atom is -0.494 e. The Labute approximate surface area is 309 Å². The van der Waals surface area contributed by atoms with Crippen molar-refractivity contribution in [1.82, 2.24) is 25.6 Å². The van der Waals surface area contributed by atoms with E-state index >= 15 is 0 Å². The molecule has 2 aromatic carbocycles. The molecule has 0 radical (unpaired) electrons. The van der Waals surface area contributed by atoms with Crippen molar-refractivity contribution in [2.45, 2.75) is 102 Å². The minimum absolute atomic E-state index is 0.0201. The molecule has 1 saturated heterocycles. The molecule has 0 spiro atoms. The van der Waals surface area contributed by atoms with Gasteiger partial charge in [-0.25, -0.2) is 13.2 Å². The number of nitrogens with zero attached hydrogens (tertiary/aromatic N) is 2. The van der Waals surface area contributed by atoms with Crippen molar-refractivity contribution in [3.8, 4) is 16.9 Å². The van der Waals surface area contributed by atoms with E-state index in [0.29, 0.717) is 56.7 Å². The maximum absolute atomic E-state index is 14.5. The number of oxime groups is 1. The van der Waals surface area contributed by atoms with E-state index in [4.69, 9.17) is 9.57 Å². The number of hydrogen-bond donors (Lipinski definition) is 4. The minimum atomic E-state index is -3.86. The Morgan fingerprint density at radius 3 is 2.47 bits per heavy atom. The van der Waals surface area contributed by atoms with E-state index in [9.17, 15) is 27.6 Å². The summed E-state index contributed by atoms with van der Waals surface area (Å²) in [7, 11) is -3.86. The molecule has 4 bridgehead atoms. The van der Waals surface area contributed by atoms with Crippen molar-refractivity contribution < 1.29 is 37.2 Å². The zero-order valence-corrected chi connectivity index (χ0v) is 31.4. The smallest absolute Gasteiger partial charge is 0.315 e. The Bertz CT molecular complexity index is 1960. The molecule has 2 saturated carbocycles. The van der Waals surface area contributed by atoms with Gasteiger partial charge in [-0.15, -0.1) is 0 Å². The number of benzene rings is 2. The van der Waals surface area contributed by atoms with E-state index in [-0.39, 0.29) is 25.3 Å². The van der Waals surface area contributed by atoms with Gasteiger partial charge >= 0.3 is 6.03 Å². The van der Waals surface area contributed by atoms with Crippen LogP contribution in [0.1, 0.15) is 83.8 Å². The fraction of sp³-hybridized carbons (Fsp3) is 0.553. The predicted octanol–water partition coefficient (Wildman–Crippen LogP) is 3.19. The van der Waals surface area contributed by atoms with Crippen molar-refractivity contribution in [2.75, 3.05) is 19.7 Å². The van der Waals surface area contributed by atoms with Crippen molar-refractivity contribution in [3.05, 3.63) is 53.6 Å². The molecule has 5 aliphatic rings. The highest BCUT2D eigenvalue weighted by atomic mass is 32.2. The van der Waals surface area contributed by atoms with Crippen LogP contribution < -0.4 is 25.4 Å². The molecule has 0 aromatic heterocycles. The number of sulfonamides is 1. The van der Waals surface area contributed by atoms with Crippen molar-refractivity contribution in [2.24, 2.45) is 16.5 Å². The SMILES string of the molecule is CC[C@@H]1CC1(NC(=O)C1CC2CN1C(=O)[C@H](C(C)(C)C)NC(=O)NCCCCOc1ccc3c(c1)/C(=N\O2)c1ccccc1-3)C(=O)NS(=O)(=O)C1CC1. The number of rotatable bonds is 6. The highest BCUT2D eigenvalue weighted by Gasteiger charge is 2.62. The molecule has 2 aliphatic heterocycles. The normalized spacial score (nSPS) is 28.3. The van der Waals surface area contributed by atoms with Crippen molar-refractivity contribution in [3.63, 3.8) is 0 Å². The summed E-state index contributed by atoms with van der Waals surface area (Å²) in [5.41, 5.74) is 2.11. The molecule has 14 nitrogen and oxygen atoms in total. The third-order valence-corrected chi connectivity index (χ3v) is 12.7. The average Bonchev–Trinajstić information content (AvgIpc) is 4.03. The lowest BCUT2D eigenvalue weighted by atomic mass is 9.85. The third-order valence-electron chi connectivity index (χ3n) is 10.9. The summed E-state index contributed by atoms with van der Waals surface area (Å²) >= 11 is 0. The monoisotopic (exact) mass is 748 g/mol. The Morgan fingerprint density at radius 1 is 1.04 bits per heavy atom. The summed E-state index contributed by atoms with van der Waals surface area (Å²) < 4.78 is 33.7. The molecule has 3 fully saturated rings. The van der Waals surface area contributed by atoms with Crippen LogP contribution >= 0.6 is 0 Å². The van der Waals surface area contributed by atoms with Crippen molar-refractivity contribution >= 4 is 39.5 Å². The first kappa shape index (κ1) is 36.7. The van der Waals surface area contributed by atoms with Gasteiger partial charge in [-0.1, -0.05) is 63.5 Å². The van der Waals surface area contributed by atoms with Crippen LogP contribution in [0.3, 0.4) is 0 Å². The Morgan fingerprint density at radius 2 is 1.77 bits per heavy atom. The van der Waals surface area contributed by atoms with Crippen LogP contribution in [-0.2, 0) is 29.2 Å². The van der Waals surface area contributed by atoms with E-state index in [1.165, 1.54) is 4.90 Å². The number of ether oxygens (including phenoxy) is 1. The largest absolute Gasteiger partial charge is 0.494 e. The maximum Gasteiger partial charge on any atom is 0.315 e. The highest BCUT2D eigenvalue weighted by Crippen LogP contribution is 2.47. The number of amides is 5. The summed E-state index contributed by atoms with van der Waals surface area (Å²) in [5.74, 6) is -1.47. The predicted molar refractivity (Wildman–Crippen MR) is 196 cm³/mol. The topological polar surface area (TPSA) is 185 Å². The van der Waals surface area contributed by atoms with Crippen LogP contribution in [0.5, 0.6) is 5.75 Å². The molecule has 53 heavy (non-hydrogen) atoms. The Kier molecular flexibility index (Phi) is 9.66. The number of hydrogen-bond acceptors (Lipinski definition) is 9. The van der Waals surface area contributed by atoms with Gasteiger partial charge in [0.1, 0.15) is 35.2 Å². The molecular weight excluding hydrogens is 701 g/mol. The molecule has 4 N–H and O–H groups in total. The van der Waals surface area contributed by atoms with E-state index in [2.05, 4.69) is 25.8 Å². The van der Waals surface area contributed by atoms with Gasteiger partial charge in [-0.2, -0.15) is 0 Å². The first-order valence-corrected chi connectivity index (χ1v) is 20.1. The fourth-order valence-electron chi connectivity index (χ4n) is 7.62. The second-order valence-corrected chi connectivity index (χ2v) is 17.8. The van der Waals surface area contributed by atoms with Gasteiger partial charge in [0.15, 0.2) is 0 Å². The molecular formula is C38H48N6O8S. The standard InChI is InChI=1S/C38H48N6O8S/c1-5-22-20-38(22,35(47)43-53(49,50)25-13-14-25)41-33(45)30-19-24-21-44(30)34(46)32(37(2,3)4)40-36(48)39-16-8-9-17-51-23-12-15-27-26-10-6-7-11-28(26)31(42-52-24)29(27)18-23/h6-7,10-12,15,18,22,24-25,30,32H,5,8-9,13-14,16-17,19-21H2,1-4H3,(H,41,45)(H,43,47)(H2,39,40,48)/b42-31-/t22-,24?,30?,32-,38?/m1/s1. The van der Waals surface area contributed by atoms with Crippen LogP contribution in [0.2, 0.25) is 0 Å². The zero-order chi connectivity index (χ0) is 37.7. The van der Waals surface area contributed by atoms with Crippen LogP contribution in [0.4, 0.5) is 4.79 Å². The van der Waals surface area contributed by atoms with Crippen LogP contribution in [0.25, 0.3) is 11.1 Å². The number of carbonyl (C=O) groups excluding carboxylic acids is 4. The van der Waals surface area contributed by atoms with Gasteiger partial charge in [0.05, 0.1) is 18.4 Å². The molecule has 3 aliphatic carbocycles. The quantitative estimate of drug-likeness (QED) is 0.296. The molecule has 15 heteroatoms. The van der Waals surface area contributed by atoms with Gasteiger partial charge in [-0.05, 0) is 72.8 Å². The van der Waals surface area contributed by atoms with E-state index in [1.807, 2.05) is 70.2 Å². The van der Waals surface area contributed by atoms with Gasteiger partial charge in [-0.3, -0.25) is 19.1 Å². The number of urea groups is 1. The molecule has 3 unspecified atom stereocenters. The maximum atomic E-state index is 14.5. The summed E-state index contributed by atoms with van der Waals surface area (Å²) in [4.78, 5) is 63.0. The first-order chi connectivity index (χ1) is 25.2. The lowest BCUT2D eigenvalue weighted by Crippen LogP contribution is -2.61. The van der Waals surface area contributed by atoms with Gasteiger partial charge in [0, 0.05) is 24.1 Å². The third kappa shape index (κ3) is 7.32. The summed E-state index contributed by atoms with van der Waals surface area (Å²) in [6, 6.07) is 11.1. The zero-order valence-electron chi connectivity index (χ0n) is 30.6. The molecule has 5 amide bonds. The van der Waals surface area contributed by atoms with Crippen LogP contribution in [0, 0.1) is 11.3 Å². The lowest BCUT2D eigenvalue weighted by molar-refractivity contribution is -0.142. The molecule has 2 aromatic rings. The molecule has 284 valence electrons.